The van der Waals surface area contributed by atoms with E-state index in [1.807, 2.05) is 37.3 Å². The molecule has 1 aromatic rings. The lowest BCUT2D eigenvalue weighted by atomic mass is 9.92. The molecule has 4 nitrogen and oxygen atoms in total. The third-order valence-corrected chi connectivity index (χ3v) is 3.33. The molecular weight excluding hydrogens is 266 g/mol. The summed E-state index contributed by atoms with van der Waals surface area (Å²) in [5.74, 6) is 0.0828. The lowest BCUT2D eigenvalue weighted by Gasteiger charge is -2.29. The molecule has 2 atom stereocenters. The Morgan fingerprint density at radius 3 is 2.38 bits per heavy atom. The third-order valence-electron chi connectivity index (χ3n) is 3.33. The largest absolute Gasteiger partial charge is 0.464 e. The summed E-state index contributed by atoms with van der Waals surface area (Å²) in [4.78, 5) is 12.3. The molecule has 0 aliphatic carbocycles. The van der Waals surface area contributed by atoms with Gasteiger partial charge in [0.2, 0.25) is 0 Å². The highest BCUT2D eigenvalue weighted by Gasteiger charge is 2.38. The van der Waals surface area contributed by atoms with Crippen molar-refractivity contribution in [1.82, 2.24) is 0 Å². The maximum Gasteiger partial charge on any atom is 0.333 e. The first-order valence-electron chi connectivity index (χ1n) is 7.53. The van der Waals surface area contributed by atoms with Crippen molar-refractivity contribution in [3.63, 3.8) is 0 Å². The van der Waals surface area contributed by atoms with Gasteiger partial charge in [-0.05, 0) is 31.7 Å². The molecule has 0 spiro atoms. The maximum absolute atomic E-state index is 12.3. The van der Waals surface area contributed by atoms with Gasteiger partial charge in [0.25, 0.3) is 0 Å². The van der Waals surface area contributed by atoms with Crippen LogP contribution in [0, 0.1) is 5.92 Å². The Morgan fingerprint density at radius 1 is 1.24 bits per heavy atom. The van der Waals surface area contributed by atoms with Gasteiger partial charge in [0.05, 0.1) is 19.3 Å². The predicted molar refractivity (Wildman–Crippen MR) is 83.8 cm³/mol. The van der Waals surface area contributed by atoms with Gasteiger partial charge in [-0.3, -0.25) is 0 Å². The van der Waals surface area contributed by atoms with Gasteiger partial charge >= 0.3 is 5.97 Å². The van der Waals surface area contributed by atoms with E-state index in [1.54, 1.807) is 6.92 Å². The monoisotopic (exact) mass is 293 g/mol. The molecule has 21 heavy (non-hydrogen) atoms. The zero-order chi connectivity index (χ0) is 15.9. The Balaban J connectivity index is 2.85. The smallest absolute Gasteiger partial charge is 0.333 e. The molecule has 1 rings (SSSR count). The summed E-state index contributed by atoms with van der Waals surface area (Å²) in [7, 11) is 0. The van der Waals surface area contributed by atoms with Crippen molar-refractivity contribution in [3.8, 4) is 0 Å². The molecular formula is C17H27NO3. The van der Waals surface area contributed by atoms with Crippen molar-refractivity contribution in [2.24, 2.45) is 11.7 Å². The van der Waals surface area contributed by atoms with Crippen molar-refractivity contribution in [3.05, 3.63) is 35.9 Å². The molecule has 0 fully saturated rings. The summed E-state index contributed by atoms with van der Waals surface area (Å²) in [6, 6.07) is 9.25. The van der Waals surface area contributed by atoms with E-state index in [9.17, 15) is 4.79 Å². The van der Waals surface area contributed by atoms with E-state index in [4.69, 9.17) is 15.2 Å². The highest BCUT2D eigenvalue weighted by Crippen LogP contribution is 2.22. The maximum atomic E-state index is 12.3. The van der Waals surface area contributed by atoms with Gasteiger partial charge in [-0.15, -0.1) is 0 Å². The van der Waals surface area contributed by atoms with Gasteiger partial charge in [0.15, 0.2) is 5.54 Å². The zero-order valence-electron chi connectivity index (χ0n) is 13.5. The van der Waals surface area contributed by atoms with Crippen LogP contribution in [0.25, 0.3) is 0 Å². The fourth-order valence-electron chi connectivity index (χ4n) is 2.26. The molecule has 2 N–H and O–H groups in total. The predicted octanol–water partition coefficient (Wildman–Crippen LogP) is 2.85. The Kier molecular flexibility index (Phi) is 6.85. The van der Waals surface area contributed by atoms with Crippen LogP contribution >= 0.6 is 0 Å². The highest BCUT2D eigenvalue weighted by atomic mass is 16.5. The number of ether oxygens (including phenoxy) is 2. The van der Waals surface area contributed by atoms with Gasteiger partial charge in [-0.1, -0.05) is 44.2 Å². The van der Waals surface area contributed by atoms with E-state index in [0.717, 1.165) is 6.42 Å². The van der Waals surface area contributed by atoms with E-state index in [2.05, 4.69) is 13.8 Å². The third kappa shape index (κ3) is 5.14. The van der Waals surface area contributed by atoms with Crippen molar-refractivity contribution in [1.29, 1.82) is 0 Å². The molecule has 0 saturated carbocycles. The summed E-state index contributed by atoms with van der Waals surface area (Å²) >= 11 is 0. The van der Waals surface area contributed by atoms with Gasteiger partial charge < -0.3 is 15.2 Å². The Bertz CT molecular complexity index is 433. The standard InChI is InChI=1S/C17H27NO3/c1-5-20-16(19)17(18,15-9-7-6-8-10-15)12-21-14(4)11-13(2)3/h6-10,13-14H,5,11-12,18H2,1-4H3. The zero-order valence-corrected chi connectivity index (χ0v) is 13.5. The summed E-state index contributed by atoms with van der Waals surface area (Å²) in [6.07, 6.45) is 0.972. The first-order valence-corrected chi connectivity index (χ1v) is 7.53. The lowest BCUT2D eigenvalue weighted by Crippen LogP contribution is -2.50. The van der Waals surface area contributed by atoms with E-state index in [0.29, 0.717) is 18.1 Å². The van der Waals surface area contributed by atoms with Crippen LogP contribution in [0.1, 0.15) is 39.7 Å². The molecule has 1 aromatic carbocycles. The summed E-state index contributed by atoms with van der Waals surface area (Å²) in [5, 5.41) is 0. The molecule has 4 heteroatoms. The second kappa shape index (κ2) is 8.15. The van der Waals surface area contributed by atoms with Crippen LogP contribution in [0.4, 0.5) is 0 Å². The molecule has 0 aromatic heterocycles. The van der Waals surface area contributed by atoms with Crippen molar-refractivity contribution < 1.29 is 14.3 Å². The number of benzene rings is 1. The minimum Gasteiger partial charge on any atom is -0.464 e. The first-order chi connectivity index (χ1) is 9.90. The van der Waals surface area contributed by atoms with Gasteiger partial charge in [-0.2, -0.15) is 0 Å². The molecule has 0 radical (unpaired) electrons. The van der Waals surface area contributed by atoms with Gasteiger partial charge in [0, 0.05) is 0 Å². The molecule has 0 aliphatic heterocycles. The number of nitrogens with two attached hydrogens (primary N) is 1. The molecule has 2 unspecified atom stereocenters. The lowest BCUT2D eigenvalue weighted by molar-refractivity contribution is -0.153. The average molecular weight is 293 g/mol. The van der Waals surface area contributed by atoms with E-state index in [1.165, 1.54) is 0 Å². The Hall–Kier alpha value is -1.39. The number of carbonyl (C=O) groups is 1. The second-order valence-electron chi connectivity index (χ2n) is 5.81. The van der Waals surface area contributed by atoms with Crippen LogP contribution in [0.2, 0.25) is 0 Å². The van der Waals surface area contributed by atoms with Crippen molar-refractivity contribution in [2.45, 2.75) is 45.8 Å². The van der Waals surface area contributed by atoms with Crippen LogP contribution in [0.3, 0.4) is 0 Å². The van der Waals surface area contributed by atoms with E-state index >= 15 is 0 Å². The van der Waals surface area contributed by atoms with E-state index in [-0.39, 0.29) is 12.7 Å². The molecule has 0 saturated heterocycles. The number of hydrogen-bond acceptors (Lipinski definition) is 4. The molecule has 0 amide bonds. The molecule has 0 heterocycles. The fraction of sp³-hybridized carbons (Fsp3) is 0.588. The molecule has 0 aliphatic rings. The topological polar surface area (TPSA) is 61.5 Å². The van der Waals surface area contributed by atoms with Gasteiger partial charge in [-0.25, -0.2) is 4.79 Å². The van der Waals surface area contributed by atoms with E-state index < -0.39 is 11.5 Å². The van der Waals surface area contributed by atoms with Crippen LogP contribution < -0.4 is 5.73 Å². The Morgan fingerprint density at radius 2 is 1.86 bits per heavy atom. The van der Waals surface area contributed by atoms with Crippen molar-refractivity contribution in [2.75, 3.05) is 13.2 Å². The summed E-state index contributed by atoms with van der Waals surface area (Å²) in [6.45, 7) is 8.45. The normalized spacial score (nSPS) is 15.5. The minimum absolute atomic E-state index is 0.0473. The van der Waals surface area contributed by atoms with Crippen LogP contribution in [0.15, 0.2) is 30.3 Å². The average Bonchev–Trinajstić information content (AvgIpc) is 2.45. The summed E-state index contributed by atoms with van der Waals surface area (Å²) < 4.78 is 10.9. The van der Waals surface area contributed by atoms with Crippen LogP contribution in [0.5, 0.6) is 0 Å². The highest BCUT2D eigenvalue weighted by molar-refractivity contribution is 5.82. The molecule has 0 bridgehead atoms. The number of esters is 1. The van der Waals surface area contributed by atoms with Gasteiger partial charge in [0.1, 0.15) is 0 Å². The SMILES string of the molecule is CCOC(=O)C(N)(COC(C)CC(C)C)c1ccccc1. The Labute approximate surface area is 127 Å². The number of hydrogen-bond donors (Lipinski definition) is 1. The fourth-order valence-corrected chi connectivity index (χ4v) is 2.26. The van der Waals surface area contributed by atoms with Crippen LogP contribution in [-0.2, 0) is 19.8 Å². The first kappa shape index (κ1) is 17.7. The molecule has 118 valence electrons. The summed E-state index contributed by atoms with van der Waals surface area (Å²) in [5.41, 5.74) is 5.78. The van der Waals surface area contributed by atoms with Crippen LogP contribution in [-0.4, -0.2) is 25.3 Å². The number of rotatable bonds is 8. The second-order valence-corrected chi connectivity index (χ2v) is 5.81. The minimum atomic E-state index is -1.26. The number of carbonyl (C=O) groups excluding carboxylic acids is 1. The quantitative estimate of drug-likeness (QED) is 0.749. The van der Waals surface area contributed by atoms with Crippen molar-refractivity contribution >= 4 is 5.97 Å².